The third kappa shape index (κ3) is 1.54. The summed E-state index contributed by atoms with van der Waals surface area (Å²) in [7, 11) is 0. The van der Waals surface area contributed by atoms with Gasteiger partial charge in [-0.05, 0) is 19.1 Å². The van der Waals surface area contributed by atoms with Crippen molar-refractivity contribution in [3.8, 4) is 17.2 Å². The molecule has 0 radical (unpaired) electrons. The normalized spacial score (nSPS) is 10.1. The van der Waals surface area contributed by atoms with Crippen molar-refractivity contribution in [2.75, 3.05) is 0 Å². The lowest BCUT2D eigenvalue weighted by atomic mass is 10.3. The second-order valence-electron chi connectivity index (χ2n) is 2.93. The van der Waals surface area contributed by atoms with Crippen molar-refractivity contribution in [2.24, 2.45) is 0 Å². The van der Waals surface area contributed by atoms with Crippen LogP contribution in [0.25, 0.3) is 0 Å². The van der Waals surface area contributed by atoms with Gasteiger partial charge >= 0.3 is 0 Å². The Balaban J connectivity index is 2.28. The molecule has 4 heteroatoms. The van der Waals surface area contributed by atoms with E-state index < -0.39 is 0 Å². The number of rotatable bonds is 2. The van der Waals surface area contributed by atoms with Gasteiger partial charge in [-0.15, -0.1) is 0 Å². The highest BCUT2D eigenvalue weighted by atomic mass is 16.5. The predicted octanol–water partition coefficient (Wildman–Crippen LogP) is 2.22. The molecule has 14 heavy (non-hydrogen) atoms. The highest BCUT2D eigenvalue weighted by Crippen LogP contribution is 2.30. The molecule has 0 saturated carbocycles. The Morgan fingerprint density at radius 2 is 2.07 bits per heavy atom. The summed E-state index contributed by atoms with van der Waals surface area (Å²) < 4.78 is 5.44. The molecule has 72 valence electrons. The van der Waals surface area contributed by atoms with Crippen LogP contribution in [0, 0.1) is 6.92 Å². The molecule has 0 aliphatic heterocycles. The maximum Gasteiger partial charge on any atom is 0.169 e. The van der Waals surface area contributed by atoms with Crippen molar-refractivity contribution in [1.82, 2.24) is 10.2 Å². The Kier molecular flexibility index (Phi) is 2.10. The number of para-hydroxylation sites is 2. The smallest absolute Gasteiger partial charge is 0.169 e. The third-order valence-electron chi connectivity index (χ3n) is 1.87. The van der Waals surface area contributed by atoms with E-state index in [0.717, 1.165) is 5.69 Å². The number of H-pyrrole nitrogens is 1. The Morgan fingerprint density at radius 1 is 1.29 bits per heavy atom. The highest BCUT2D eigenvalue weighted by molar-refractivity contribution is 5.41. The van der Waals surface area contributed by atoms with Gasteiger partial charge in [-0.1, -0.05) is 12.1 Å². The summed E-state index contributed by atoms with van der Waals surface area (Å²) in [4.78, 5) is 0. The van der Waals surface area contributed by atoms with Gasteiger partial charge in [-0.3, -0.25) is 5.10 Å². The number of hydrogen-bond donors (Lipinski definition) is 2. The molecule has 0 aliphatic carbocycles. The van der Waals surface area contributed by atoms with Crippen LogP contribution < -0.4 is 4.74 Å². The molecule has 1 aromatic heterocycles. The first-order chi connectivity index (χ1) is 6.77. The Bertz CT molecular complexity index is 437. The molecule has 1 aromatic carbocycles. The minimum Gasteiger partial charge on any atom is -0.504 e. The number of ether oxygens (including phenoxy) is 1. The first kappa shape index (κ1) is 8.62. The number of phenolic OH excluding ortho intramolecular Hbond substituents is 1. The molecule has 2 rings (SSSR count). The van der Waals surface area contributed by atoms with E-state index in [1.807, 2.05) is 6.92 Å². The summed E-state index contributed by atoms with van der Waals surface area (Å²) in [5.41, 5.74) is 0.827. The number of hydrogen-bond acceptors (Lipinski definition) is 3. The molecule has 0 aliphatic rings. The molecule has 0 saturated heterocycles. The number of nitrogens with zero attached hydrogens (tertiary/aromatic N) is 1. The van der Waals surface area contributed by atoms with Gasteiger partial charge in [-0.2, -0.15) is 5.10 Å². The van der Waals surface area contributed by atoms with Crippen molar-refractivity contribution in [3.05, 3.63) is 36.2 Å². The summed E-state index contributed by atoms with van der Waals surface area (Å²) in [6.07, 6.45) is 1.57. The predicted molar refractivity (Wildman–Crippen MR) is 51.5 cm³/mol. The lowest BCUT2D eigenvalue weighted by Gasteiger charge is -2.05. The molecule has 0 unspecified atom stereocenters. The summed E-state index contributed by atoms with van der Waals surface area (Å²) in [6.45, 7) is 1.85. The Morgan fingerprint density at radius 3 is 2.71 bits per heavy atom. The number of aromatic amines is 1. The van der Waals surface area contributed by atoms with Crippen LogP contribution in [0.4, 0.5) is 0 Å². The van der Waals surface area contributed by atoms with Crippen LogP contribution in [-0.2, 0) is 0 Å². The Hall–Kier alpha value is -1.97. The third-order valence-corrected chi connectivity index (χ3v) is 1.87. The molecule has 0 atom stereocenters. The molecule has 0 fully saturated rings. The maximum absolute atomic E-state index is 9.44. The zero-order valence-corrected chi connectivity index (χ0v) is 7.69. The maximum atomic E-state index is 9.44. The van der Waals surface area contributed by atoms with E-state index in [-0.39, 0.29) is 5.75 Å². The second-order valence-corrected chi connectivity index (χ2v) is 2.93. The second kappa shape index (κ2) is 3.41. The average molecular weight is 190 g/mol. The molecule has 0 amide bonds. The molecule has 0 bridgehead atoms. The molecular weight excluding hydrogens is 180 g/mol. The SMILES string of the molecule is Cc1[nH]ncc1Oc1ccccc1O. The van der Waals surface area contributed by atoms with Gasteiger partial charge in [0, 0.05) is 0 Å². The van der Waals surface area contributed by atoms with E-state index in [1.54, 1.807) is 30.5 Å². The summed E-state index contributed by atoms with van der Waals surface area (Å²) in [5, 5.41) is 16.0. The number of aromatic nitrogens is 2. The van der Waals surface area contributed by atoms with Crippen LogP contribution >= 0.6 is 0 Å². The van der Waals surface area contributed by atoms with E-state index in [0.29, 0.717) is 11.5 Å². The number of phenols is 1. The van der Waals surface area contributed by atoms with Crippen LogP contribution in [0.2, 0.25) is 0 Å². The Labute approximate surface area is 81.2 Å². The lowest BCUT2D eigenvalue weighted by Crippen LogP contribution is -1.84. The first-order valence-electron chi connectivity index (χ1n) is 4.23. The first-order valence-corrected chi connectivity index (χ1v) is 4.23. The van der Waals surface area contributed by atoms with E-state index in [9.17, 15) is 5.11 Å². The molecule has 4 nitrogen and oxygen atoms in total. The molecule has 2 aromatic rings. The van der Waals surface area contributed by atoms with Gasteiger partial charge < -0.3 is 9.84 Å². The van der Waals surface area contributed by atoms with Crippen molar-refractivity contribution >= 4 is 0 Å². The van der Waals surface area contributed by atoms with E-state index in [1.165, 1.54) is 0 Å². The summed E-state index contributed by atoms with van der Waals surface area (Å²) in [5.74, 6) is 1.16. The van der Waals surface area contributed by atoms with E-state index in [4.69, 9.17) is 4.74 Å². The zero-order valence-electron chi connectivity index (χ0n) is 7.69. The minimum absolute atomic E-state index is 0.119. The summed E-state index contributed by atoms with van der Waals surface area (Å²) >= 11 is 0. The van der Waals surface area contributed by atoms with E-state index in [2.05, 4.69) is 10.2 Å². The van der Waals surface area contributed by atoms with Gasteiger partial charge in [0.25, 0.3) is 0 Å². The van der Waals surface area contributed by atoms with Crippen LogP contribution in [0.15, 0.2) is 30.5 Å². The largest absolute Gasteiger partial charge is 0.504 e. The van der Waals surface area contributed by atoms with Crippen molar-refractivity contribution in [1.29, 1.82) is 0 Å². The van der Waals surface area contributed by atoms with Gasteiger partial charge in [-0.25, -0.2) is 0 Å². The average Bonchev–Trinajstić information content (AvgIpc) is 2.56. The van der Waals surface area contributed by atoms with Crippen molar-refractivity contribution in [2.45, 2.75) is 6.92 Å². The van der Waals surface area contributed by atoms with Crippen LogP contribution in [-0.4, -0.2) is 15.3 Å². The van der Waals surface area contributed by atoms with Gasteiger partial charge in [0.1, 0.15) is 0 Å². The van der Waals surface area contributed by atoms with Crippen molar-refractivity contribution < 1.29 is 9.84 Å². The minimum atomic E-state index is 0.119. The molecular formula is C10H10N2O2. The number of aryl methyl sites for hydroxylation is 1. The fourth-order valence-corrected chi connectivity index (χ4v) is 1.10. The summed E-state index contributed by atoms with van der Waals surface area (Å²) in [6, 6.07) is 6.81. The van der Waals surface area contributed by atoms with Crippen LogP contribution in [0.3, 0.4) is 0 Å². The van der Waals surface area contributed by atoms with Gasteiger partial charge in [0.05, 0.1) is 11.9 Å². The van der Waals surface area contributed by atoms with Crippen LogP contribution in [0.5, 0.6) is 17.2 Å². The van der Waals surface area contributed by atoms with E-state index >= 15 is 0 Å². The number of aromatic hydroxyl groups is 1. The standard InChI is InChI=1S/C10H10N2O2/c1-7-10(6-11-12-7)14-9-5-3-2-4-8(9)13/h2-6,13H,1H3,(H,11,12). The monoisotopic (exact) mass is 190 g/mol. The fourth-order valence-electron chi connectivity index (χ4n) is 1.10. The molecule has 0 spiro atoms. The quantitative estimate of drug-likeness (QED) is 0.763. The zero-order chi connectivity index (χ0) is 9.97. The highest BCUT2D eigenvalue weighted by Gasteiger charge is 2.05. The van der Waals surface area contributed by atoms with Gasteiger partial charge in [0.15, 0.2) is 17.2 Å². The number of nitrogens with one attached hydrogen (secondary N) is 1. The lowest BCUT2D eigenvalue weighted by molar-refractivity contribution is 0.410. The molecule has 2 N–H and O–H groups in total. The van der Waals surface area contributed by atoms with Crippen molar-refractivity contribution in [3.63, 3.8) is 0 Å². The van der Waals surface area contributed by atoms with Crippen LogP contribution in [0.1, 0.15) is 5.69 Å². The van der Waals surface area contributed by atoms with Gasteiger partial charge in [0.2, 0.25) is 0 Å². The number of benzene rings is 1. The topological polar surface area (TPSA) is 58.1 Å². The fraction of sp³-hybridized carbons (Fsp3) is 0.100. The molecule has 1 heterocycles.